The van der Waals surface area contributed by atoms with Crippen LogP contribution in [0.3, 0.4) is 0 Å². The van der Waals surface area contributed by atoms with Crippen LogP contribution < -0.4 is 0 Å². The molecule has 0 aliphatic carbocycles. The molecule has 1 atom stereocenters. The summed E-state index contributed by atoms with van der Waals surface area (Å²) in [5, 5.41) is 5.42. The smallest absolute Gasteiger partial charge is 0.255 e. The first-order chi connectivity index (χ1) is 12.1. The minimum atomic E-state index is 0.0226. The van der Waals surface area contributed by atoms with E-state index in [1.165, 1.54) is 0 Å². The second kappa shape index (κ2) is 6.29. The Balaban J connectivity index is 1.63. The summed E-state index contributed by atoms with van der Waals surface area (Å²) in [7, 11) is 4.08. The van der Waals surface area contributed by atoms with Gasteiger partial charge in [-0.1, -0.05) is 18.2 Å². The molecule has 25 heavy (non-hydrogen) atoms. The predicted octanol–water partition coefficient (Wildman–Crippen LogP) is 2.19. The lowest BCUT2D eigenvalue weighted by molar-refractivity contribution is 0.0652. The topological polar surface area (TPSA) is 54.3 Å². The molecule has 6 nitrogen and oxygen atoms in total. The minimum Gasteiger partial charge on any atom is -0.331 e. The molecule has 0 radical (unpaired) electrons. The van der Waals surface area contributed by atoms with Crippen LogP contribution in [0.1, 0.15) is 22.1 Å². The summed E-state index contributed by atoms with van der Waals surface area (Å²) in [6.45, 7) is 2.07. The van der Waals surface area contributed by atoms with E-state index >= 15 is 0 Å². The highest BCUT2D eigenvalue weighted by Crippen LogP contribution is 2.23. The molecule has 1 aliphatic rings. The Morgan fingerprint density at radius 3 is 2.96 bits per heavy atom. The van der Waals surface area contributed by atoms with Gasteiger partial charge in [0, 0.05) is 30.9 Å². The van der Waals surface area contributed by atoms with Crippen molar-refractivity contribution in [3.63, 3.8) is 0 Å². The van der Waals surface area contributed by atoms with E-state index in [4.69, 9.17) is 0 Å². The van der Waals surface area contributed by atoms with Gasteiger partial charge >= 0.3 is 0 Å². The lowest BCUT2D eigenvalue weighted by Crippen LogP contribution is -2.44. The molecular weight excluding hydrogens is 314 g/mol. The van der Waals surface area contributed by atoms with Gasteiger partial charge in [0.1, 0.15) is 0 Å². The van der Waals surface area contributed by atoms with E-state index in [9.17, 15) is 4.79 Å². The molecule has 0 bridgehead atoms. The summed E-state index contributed by atoms with van der Waals surface area (Å²) >= 11 is 0. The van der Waals surface area contributed by atoms with E-state index in [1.54, 1.807) is 6.20 Å². The molecule has 0 saturated carbocycles. The van der Waals surface area contributed by atoms with Gasteiger partial charge in [-0.15, -0.1) is 0 Å². The third-order valence-corrected chi connectivity index (χ3v) is 4.58. The number of para-hydroxylation sites is 1. The highest BCUT2D eigenvalue weighted by Gasteiger charge is 2.29. The van der Waals surface area contributed by atoms with Gasteiger partial charge in [-0.05, 0) is 32.3 Å². The number of pyridine rings is 1. The summed E-state index contributed by atoms with van der Waals surface area (Å²) < 4.78 is 2.04. The molecule has 0 N–H and O–H groups in total. The number of carbonyl (C=O) groups is 1. The minimum absolute atomic E-state index is 0.0226. The first-order valence-electron chi connectivity index (χ1n) is 8.43. The number of benzene rings is 1. The lowest BCUT2D eigenvalue weighted by atomic mass is 10.1. The normalized spacial score (nSPS) is 17.1. The highest BCUT2D eigenvalue weighted by atomic mass is 16.2. The molecule has 4 rings (SSSR count). The fourth-order valence-corrected chi connectivity index (χ4v) is 3.47. The summed E-state index contributed by atoms with van der Waals surface area (Å²) in [6.07, 6.45) is 3.49. The molecular formula is C19H21N5O. The van der Waals surface area contributed by atoms with Crippen LogP contribution in [0.4, 0.5) is 0 Å². The highest BCUT2D eigenvalue weighted by molar-refractivity contribution is 5.97. The van der Waals surface area contributed by atoms with Crippen LogP contribution >= 0.6 is 0 Å². The standard InChI is InChI=1S/C19H21N5O/c1-22(2)11-17-13-23(12-16-7-8-21-24(16)17)19(25)15-9-14-5-3-4-6-18(14)20-10-15/h3-10,17H,11-13H2,1-2H3. The summed E-state index contributed by atoms with van der Waals surface area (Å²) in [4.78, 5) is 21.5. The summed E-state index contributed by atoms with van der Waals surface area (Å²) in [5.41, 5.74) is 2.61. The second-order valence-corrected chi connectivity index (χ2v) is 6.79. The van der Waals surface area contributed by atoms with Crippen LogP contribution in [0, 0.1) is 0 Å². The van der Waals surface area contributed by atoms with Crippen molar-refractivity contribution < 1.29 is 4.79 Å². The molecule has 128 valence electrons. The molecule has 3 aromatic rings. The summed E-state index contributed by atoms with van der Waals surface area (Å²) in [5.74, 6) is 0.0226. The first-order valence-corrected chi connectivity index (χ1v) is 8.43. The Morgan fingerprint density at radius 2 is 2.12 bits per heavy atom. The Bertz CT molecular complexity index is 917. The maximum Gasteiger partial charge on any atom is 0.255 e. The fourth-order valence-electron chi connectivity index (χ4n) is 3.47. The average Bonchev–Trinajstić information content (AvgIpc) is 3.09. The molecule has 1 unspecified atom stereocenters. The molecule has 0 fully saturated rings. The van der Waals surface area contributed by atoms with Crippen molar-refractivity contribution in [1.29, 1.82) is 0 Å². The predicted molar refractivity (Wildman–Crippen MR) is 96.3 cm³/mol. The van der Waals surface area contributed by atoms with Crippen molar-refractivity contribution >= 4 is 16.8 Å². The van der Waals surface area contributed by atoms with Gasteiger partial charge < -0.3 is 9.80 Å². The number of nitrogens with zero attached hydrogens (tertiary/aromatic N) is 5. The molecule has 1 amide bonds. The van der Waals surface area contributed by atoms with Crippen molar-refractivity contribution in [2.24, 2.45) is 0 Å². The number of amides is 1. The number of hydrogen-bond acceptors (Lipinski definition) is 4. The third-order valence-electron chi connectivity index (χ3n) is 4.58. The van der Waals surface area contributed by atoms with Crippen LogP contribution in [0.5, 0.6) is 0 Å². The monoisotopic (exact) mass is 335 g/mol. The van der Waals surface area contributed by atoms with Crippen LogP contribution in [0.15, 0.2) is 48.8 Å². The van der Waals surface area contributed by atoms with Gasteiger partial charge in [-0.25, -0.2) is 0 Å². The van der Waals surface area contributed by atoms with E-state index in [0.717, 1.165) is 23.1 Å². The van der Waals surface area contributed by atoms with Gasteiger partial charge in [0.15, 0.2) is 0 Å². The van der Waals surface area contributed by atoms with Crippen molar-refractivity contribution in [2.45, 2.75) is 12.6 Å². The number of carbonyl (C=O) groups excluding carboxylic acids is 1. The molecule has 3 heterocycles. The first kappa shape index (κ1) is 15.8. The van der Waals surface area contributed by atoms with Crippen LogP contribution in [-0.4, -0.2) is 57.7 Å². The Kier molecular flexibility index (Phi) is 3.97. The molecule has 6 heteroatoms. The Morgan fingerprint density at radius 1 is 1.28 bits per heavy atom. The van der Waals surface area contributed by atoms with Crippen molar-refractivity contribution in [3.05, 3.63) is 60.0 Å². The van der Waals surface area contributed by atoms with Gasteiger partial charge in [-0.3, -0.25) is 14.5 Å². The van der Waals surface area contributed by atoms with E-state index in [-0.39, 0.29) is 11.9 Å². The summed E-state index contributed by atoms with van der Waals surface area (Å²) in [6, 6.07) is 11.9. The quantitative estimate of drug-likeness (QED) is 0.736. The zero-order valence-electron chi connectivity index (χ0n) is 14.5. The van der Waals surface area contributed by atoms with Crippen molar-refractivity contribution in [1.82, 2.24) is 24.6 Å². The zero-order chi connectivity index (χ0) is 17.4. The Hall–Kier alpha value is -2.73. The maximum absolute atomic E-state index is 13.0. The third kappa shape index (κ3) is 3.00. The second-order valence-electron chi connectivity index (χ2n) is 6.79. The number of rotatable bonds is 3. The van der Waals surface area contributed by atoms with Gasteiger partial charge in [0.05, 0.1) is 29.4 Å². The van der Waals surface area contributed by atoms with Gasteiger partial charge in [0.2, 0.25) is 0 Å². The van der Waals surface area contributed by atoms with Crippen molar-refractivity contribution in [3.8, 4) is 0 Å². The number of aromatic nitrogens is 3. The Labute approximate surface area is 146 Å². The van der Waals surface area contributed by atoms with E-state index in [1.807, 2.05) is 66.3 Å². The van der Waals surface area contributed by atoms with E-state index in [2.05, 4.69) is 15.0 Å². The van der Waals surface area contributed by atoms with Crippen LogP contribution in [-0.2, 0) is 6.54 Å². The maximum atomic E-state index is 13.0. The number of fused-ring (bicyclic) bond motifs is 2. The SMILES string of the molecule is CN(C)CC1CN(C(=O)c2cnc3ccccc3c2)Cc2ccnn21. The molecule has 2 aromatic heterocycles. The van der Waals surface area contributed by atoms with E-state index < -0.39 is 0 Å². The van der Waals surface area contributed by atoms with Gasteiger partial charge in [-0.2, -0.15) is 5.10 Å². The van der Waals surface area contributed by atoms with Crippen LogP contribution in [0.2, 0.25) is 0 Å². The number of likely N-dealkylation sites (N-methyl/N-ethyl adjacent to an activating group) is 1. The van der Waals surface area contributed by atoms with Gasteiger partial charge in [0.25, 0.3) is 5.91 Å². The lowest BCUT2D eigenvalue weighted by Gasteiger charge is -2.35. The van der Waals surface area contributed by atoms with Crippen molar-refractivity contribution in [2.75, 3.05) is 27.2 Å². The molecule has 1 aliphatic heterocycles. The molecule has 0 saturated heterocycles. The average molecular weight is 335 g/mol. The molecule has 0 spiro atoms. The van der Waals surface area contributed by atoms with E-state index in [0.29, 0.717) is 18.7 Å². The van der Waals surface area contributed by atoms with Crippen LogP contribution in [0.25, 0.3) is 10.9 Å². The largest absolute Gasteiger partial charge is 0.331 e. The zero-order valence-corrected chi connectivity index (χ0v) is 14.5. The fraction of sp³-hybridized carbons (Fsp3) is 0.316. The molecule has 1 aromatic carbocycles. The number of hydrogen-bond donors (Lipinski definition) is 0.